The summed E-state index contributed by atoms with van der Waals surface area (Å²) >= 11 is 0.601. The topological polar surface area (TPSA) is 140 Å². The Kier molecular flexibility index (Phi) is 5.18. The fraction of sp³-hybridized carbons (Fsp3) is 0.118. The molecule has 0 saturated carbocycles. The van der Waals surface area contributed by atoms with E-state index >= 15 is 0 Å². The van der Waals surface area contributed by atoms with E-state index in [1.54, 1.807) is 0 Å². The van der Waals surface area contributed by atoms with E-state index in [2.05, 4.69) is 4.74 Å². The molecule has 2 amide bonds. The molecule has 11 heteroatoms. The van der Waals surface area contributed by atoms with Gasteiger partial charge in [-0.1, -0.05) is 0 Å². The maximum atomic E-state index is 12.5. The number of amides is 2. The summed E-state index contributed by atoms with van der Waals surface area (Å²) in [4.78, 5) is 47.4. The van der Waals surface area contributed by atoms with Crippen molar-refractivity contribution in [2.75, 3.05) is 7.11 Å². The first-order valence-electron chi connectivity index (χ1n) is 7.70. The molecule has 0 bridgehead atoms. The van der Waals surface area contributed by atoms with Gasteiger partial charge in [-0.25, -0.2) is 4.79 Å². The van der Waals surface area contributed by atoms with Gasteiger partial charge in [0.2, 0.25) is 5.76 Å². The summed E-state index contributed by atoms with van der Waals surface area (Å²) < 4.78 is 9.76. The van der Waals surface area contributed by atoms with Gasteiger partial charge in [0.05, 0.1) is 29.0 Å². The number of imide groups is 1. The van der Waals surface area contributed by atoms with Gasteiger partial charge in [0.25, 0.3) is 16.8 Å². The molecule has 0 aliphatic carbocycles. The highest BCUT2D eigenvalue weighted by molar-refractivity contribution is 8.18. The smallest absolute Gasteiger partial charge is 0.373 e. The van der Waals surface area contributed by atoms with E-state index in [1.165, 1.54) is 25.3 Å². The maximum Gasteiger partial charge on any atom is 0.373 e. The van der Waals surface area contributed by atoms with Gasteiger partial charge in [0, 0.05) is 6.07 Å². The lowest BCUT2D eigenvalue weighted by Crippen LogP contribution is -2.27. The Hall–Kier alpha value is -3.60. The zero-order chi connectivity index (χ0) is 20.4. The minimum Gasteiger partial charge on any atom is -0.508 e. The molecule has 2 heterocycles. The summed E-state index contributed by atoms with van der Waals surface area (Å²) in [6.07, 6.45) is 1.17. The van der Waals surface area contributed by atoms with Crippen molar-refractivity contribution < 1.29 is 33.6 Å². The molecule has 1 fully saturated rings. The normalized spacial score (nSPS) is 15.3. The molecule has 1 aromatic carbocycles. The number of esters is 1. The van der Waals surface area contributed by atoms with Gasteiger partial charge in [-0.2, -0.15) is 0 Å². The Morgan fingerprint density at radius 3 is 2.79 bits per heavy atom. The molecule has 0 unspecified atom stereocenters. The molecule has 1 saturated heterocycles. The summed E-state index contributed by atoms with van der Waals surface area (Å²) in [5, 5.41) is 20.1. The van der Waals surface area contributed by atoms with Gasteiger partial charge in [-0.15, -0.1) is 0 Å². The molecule has 144 valence electrons. The molecule has 1 aromatic heterocycles. The monoisotopic (exact) mass is 404 g/mol. The molecule has 0 radical (unpaired) electrons. The average molecular weight is 404 g/mol. The fourth-order valence-electron chi connectivity index (χ4n) is 2.43. The van der Waals surface area contributed by atoms with E-state index in [1.807, 2.05) is 0 Å². The van der Waals surface area contributed by atoms with E-state index in [9.17, 15) is 29.6 Å². The molecule has 0 spiro atoms. The van der Waals surface area contributed by atoms with Crippen molar-refractivity contribution in [3.63, 3.8) is 0 Å². The number of furan rings is 1. The minimum atomic E-state index is -0.698. The number of ether oxygens (including phenoxy) is 1. The SMILES string of the molecule is COC(=O)c1ccc(CN2C(=O)SC(=Cc3cc(O)ccc3[N+](=O)[O-])C2=O)o1. The Bertz CT molecular complexity index is 1030. The van der Waals surface area contributed by atoms with Crippen LogP contribution in [0.15, 0.2) is 39.7 Å². The van der Waals surface area contributed by atoms with Crippen LogP contribution in [0.3, 0.4) is 0 Å². The van der Waals surface area contributed by atoms with Crippen molar-refractivity contribution in [1.29, 1.82) is 0 Å². The lowest BCUT2D eigenvalue weighted by molar-refractivity contribution is -0.385. The number of aromatic hydroxyl groups is 1. The highest BCUT2D eigenvalue weighted by Crippen LogP contribution is 2.35. The zero-order valence-corrected chi connectivity index (χ0v) is 15.1. The van der Waals surface area contributed by atoms with E-state index in [-0.39, 0.29) is 40.0 Å². The van der Waals surface area contributed by atoms with Crippen molar-refractivity contribution in [3.05, 3.63) is 62.4 Å². The Labute approximate surface area is 161 Å². The number of nitro benzene ring substituents is 1. The van der Waals surface area contributed by atoms with Crippen LogP contribution in [0.5, 0.6) is 5.75 Å². The number of hydrogen-bond donors (Lipinski definition) is 1. The first kappa shape index (κ1) is 19.2. The molecule has 1 aliphatic rings. The fourth-order valence-corrected chi connectivity index (χ4v) is 3.26. The van der Waals surface area contributed by atoms with Crippen LogP contribution in [0.4, 0.5) is 10.5 Å². The Morgan fingerprint density at radius 1 is 1.36 bits per heavy atom. The van der Waals surface area contributed by atoms with E-state index < -0.39 is 22.0 Å². The van der Waals surface area contributed by atoms with Gasteiger partial charge in [-0.3, -0.25) is 24.6 Å². The standard InChI is InChI=1S/C17H12N2O8S/c1-26-16(22)13-5-3-11(27-13)8-18-15(21)14(28-17(18)23)7-9-6-10(20)2-4-12(9)19(24)25/h2-7,20H,8H2,1H3. The molecule has 0 atom stereocenters. The largest absolute Gasteiger partial charge is 0.508 e. The number of rotatable bonds is 5. The summed E-state index contributed by atoms with van der Waals surface area (Å²) in [6.45, 7) is -0.221. The third-order valence-electron chi connectivity index (χ3n) is 3.73. The van der Waals surface area contributed by atoms with Gasteiger partial charge < -0.3 is 14.3 Å². The second-order valence-electron chi connectivity index (χ2n) is 5.53. The van der Waals surface area contributed by atoms with Crippen LogP contribution in [0.2, 0.25) is 0 Å². The number of nitro groups is 1. The zero-order valence-electron chi connectivity index (χ0n) is 14.3. The predicted molar refractivity (Wildman–Crippen MR) is 96.3 cm³/mol. The predicted octanol–water partition coefficient (Wildman–Crippen LogP) is 2.92. The number of nitrogens with zero attached hydrogens (tertiary/aromatic N) is 2. The summed E-state index contributed by atoms with van der Waals surface area (Å²) in [5.41, 5.74) is -0.333. The first-order chi connectivity index (χ1) is 13.3. The van der Waals surface area contributed by atoms with Gasteiger partial charge >= 0.3 is 5.97 Å². The van der Waals surface area contributed by atoms with Gasteiger partial charge in [-0.05, 0) is 42.1 Å². The quantitative estimate of drug-likeness (QED) is 0.344. The second kappa shape index (κ2) is 7.56. The molecule has 10 nitrogen and oxygen atoms in total. The van der Waals surface area contributed by atoms with Crippen molar-refractivity contribution in [3.8, 4) is 5.75 Å². The number of hydrogen-bond acceptors (Lipinski definition) is 9. The van der Waals surface area contributed by atoms with Crippen LogP contribution in [0.1, 0.15) is 21.9 Å². The minimum absolute atomic E-state index is 0.0125. The molecule has 28 heavy (non-hydrogen) atoms. The van der Waals surface area contributed by atoms with Gasteiger partial charge in [0.15, 0.2) is 0 Å². The van der Waals surface area contributed by atoms with Crippen molar-refractivity contribution in [2.45, 2.75) is 6.54 Å². The average Bonchev–Trinajstić information content (AvgIpc) is 3.21. The van der Waals surface area contributed by atoms with Crippen LogP contribution < -0.4 is 0 Å². The molecular formula is C17H12N2O8S. The maximum absolute atomic E-state index is 12.5. The summed E-state index contributed by atoms with van der Waals surface area (Å²) in [5.74, 6) is -1.48. The van der Waals surface area contributed by atoms with Crippen LogP contribution in [-0.4, -0.2) is 39.2 Å². The molecule has 1 aliphatic heterocycles. The number of benzene rings is 1. The lowest BCUT2D eigenvalue weighted by atomic mass is 10.1. The van der Waals surface area contributed by atoms with Crippen molar-refractivity contribution in [2.24, 2.45) is 0 Å². The number of phenolic OH excluding ortho intramolecular Hbond substituents is 1. The Morgan fingerprint density at radius 2 is 2.11 bits per heavy atom. The molecule has 1 N–H and O–H groups in total. The molecular weight excluding hydrogens is 392 g/mol. The third kappa shape index (κ3) is 3.74. The molecule has 3 rings (SSSR count). The second-order valence-corrected chi connectivity index (χ2v) is 6.52. The van der Waals surface area contributed by atoms with Crippen LogP contribution in [-0.2, 0) is 16.1 Å². The third-order valence-corrected chi connectivity index (χ3v) is 4.64. The number of carbonyl (C=O) groups is 3. The lowest BCUT2D eigenvalue weighted by Gasteiger charge is -2.09. The number of thioether (sulfide) groups is 1. The van der Waals surface area contributed by atoms with Crippen LogP contribution >= 0.6 is 11.8 Å². The highest BCUT2D eigenvalue weighted by atomic mass is 32.2. The summed E-state index contributed by atoms with van der Waals surface area (Å²) in [6, 6.07) is 6.16. The van der Waals surface area contributed by atoms with Crippen LogP contribution in [0.25, 0.3) is 6.08 Å². The van der Waals surface area contributed by atoms with Crippen molar-refractivity contribution in [1.82, 2.24) is 4.90 Å². The Balaban J connectivity index is 1.85. The summed E-state index contributed by atoms with van der Waals surface area (Å²) in [7, 11) is 1.19. The molecule has 2 aromatic rings. The van der Waals surface area contributed by atoms with Crippen molar-refractivity contribution >= 4 is 40.6 Å². The van der Waals surface area contributed by atoms with E-state index in [0.717, 1.165) is 23.1 Å². The van der Waals surface area contributed by atoms with E-state index in [0.29, 0.717) is 11.8 Å². The number of carbonyl (C=O) groups excluding carboxylic acids is 3. The van der Waals surface area contributed by atoms with Gasteiger partial charge in [0.1, 0.15) is 11.5 Å². The number of phenols is 1. The first-order valence-corrected chi connectivity index (χ1v) is 8.51. The number of methoxy groups -OCH3 is 1. The van der Waals surface area contributed by atoms with E-state index in [4.69, 9.17) is 4.42 Å². The van der Waals surface area contributed by atoms with Crippen LogP contribution in [0, 0.1) is 10.1 Å². The highest BCUT2D eigenvalue weighted by Gasteiger charge is 2.36.